The highest BCUT2D eigenvalue weighted by atomic mass is 16.3. The van der Waals surface area contributed by atoms with Crippen molar-refractivity contribution in [2.75, 3.05) is 0 Å². The Kier molecular flexibility index (Phi) is 4.29. The standard InChI is InChI=1S/C19H23N3O3/c23-14-8-6-13(7-9-14)22-11-16(19(25)21-12-3-1-4-12)17(24)15-5-2-10-20-18(15)22/h2,5,10-14,23H,1,3-4,6-9H2,(H,21,25). The Morgan fingerprint density at radius 2 is 1.96 bits per heavy atom. The van der Waals surface area contributed by atoms with Gasteiger partial charge in [-0.3, -0.25) is 9.59 Å². The van der Waals surface area contributed by atoms with Crippen LogP contribution in [0.25, 0.3) is 11.0 Å². The molecule has 2 saturated carbocycles. The predicted octanol–water partition coefficient (Wildman–Crippen LogP) is 2.15. The highest BCUT2D eigenvalue weighted by Crippen LogP contribution is 2.30. The first kappa shape index (κ1) is 16.3. The number of fused-ring (bicyclic) bond motifs is 1. The van der Waals surface area contributed by atoms with Crippen LogP contribution >= 0.6 is 0 Å². The van der Waals surface area contributed by atoms with Gasteiger partial charge in [-0.2, -0.15) is 0 Å². The molecule has 0 unspecified atom stereocenters. The number of carbonyl (C=O) groups excluding carboxylic acids is 1. The van der Waals surface area contributed by atoms with E-state index in [0.29, 0.717) is 11.0 Å². The highest BCUT2D eigenvalue weighted by Gasteiger charge is 2.26. The van der Waals surface area contributed by atoms with Crippen LogP contribution in [0.4, 0.5) is 0 Å². The van der Waals surface area contributed by atoms with Gasteiger partial charge in [-0.05, 0) is 57.1 Å². The van der Waals surface area contributed by atoms with Gasteiger partial charge in [-0.15, -0.1) is 0 Å². The average Bonchev–Trinajstić information content (AvgIpc) is 2.59. The van der Waals surface area contributed by atoms with Crippen LogP contribution in [0.5, 0.6) is 0 Å². The molecule has 2 aromatic heterocycles. The van der Waals surface area contributed by atoms with Gasteiger partial charge in [0.15, 0.2) is 0 Å². The molecule has 2 aromatic rings. The predicted molar refractivity (Wildman–Crippen MR) is 94.6 cm³/mol. The van der Waals surface area contributed by atoms with E-state index in [0.717, 1.165) is 44.9 Å². The molecule has 0 bridgehead atoms. The summed E-state index contributed by atoms with van der Waals surface area (Å²) in [7, 11) is 0. The fourth-order valence-corrected chi connectivity index (χ4v) is 3.78. The molecule has 25 heavy (non-hydrogen) atoms. The van der Waals surface area contributed by atoms with E-state index in [1.807, 2.05) is 4.57 Å². The Morgan fingerprint density at radius 1 is 1.20 bits per heavy atom. The topological polar surface area (TPSA) is 84.2 Å². The summed E-state index contributed by atoms with van der Waals surface area (Å²) in [5.74, 6) is -0.287. The Morgan fingerprint density at radius 3 is 2.64 bits per heavy atom. The summed E-state index contributed by atoms with van der Waals surface area (Å²) < 4.78 is 1.97. The molecule has 2 N–H and O–H groups in total. The van der Waals surface area contributed by atoms with Crippen LogP contribution in [0.1, 0.15) is 61.3 Å². The van der Waals surface area contributed by atoms with E-state index in [9.17, 15) is 14.7 Å². The molecule has 2 aliphatic carbocycles. The Balaban J connectivity index is 1.76. The summed E-state index contributed by atoms with van der Waals surface area (Å²) in [5.41, 5.74) is 0.555. The zero-order valence-electron chi connectivity index (χ0n) is 14.1. The van der Waals surface area contributed by atoms with Gasteiger partial charge in [-0.25, -0.2) is 4.98 Å². The SMILES string of the molecule is O=C(NC1CCC1)c1cn(C2CCC(O)CC2)c2ncccc2c1=O. The largest absolute Gasteiger partial charge is 0.393 e. The lowest BCUT2D eigenvalue weighted by molar-refractivity contribution is 0.0913. The zero-order chi connectivity index (χ0) is 17.4. The van der Waals surface area contributed by atoms with Crippen LogP contribution in [0.15, 0.2) is 29.3 Å². The van der Waals surface area contributed by atoms with Crippen LogP contribution in [0.3, 0.4) is 0 Å². The molecule has 132 valence electrons. The lowest BCUT2D eigenvalue weighted by atomic mass is 9.92. The van der Waals surface area contributed by atoms with Crippen molar-refractivity contribution in [3.8, 4) is 0 Å². The minimum atomic E-state index is -0.287. The average molecular weight is 341 g/mol. The smallest absolute Gasteiger partial charge is 0.256 e. The van der Waals surface area contributed by atoms with Crippen LogP contribution < -0.4 is 10.7 Å². The summed E-state index contributed by atoms with van der Waals surface area (Å²) in [6.07, 6.45) is 9.28. The summed E-state index contributed by atoms with van der Waals surface area (Å²) in [4.78, 5) is 29.8. The van der Waals surface area contributed by atoms with Crippen molar-refractivity contribution in [1.82, 2.24) is 14.9 Å². The first-order chi connectivity index (χ1) is 12.1. The van der Waals surface area contributed by atoms with Crippen molar-refractivity contribution in [2.45, 2.75) is 63.1 Å². The molecular weight excluding hydrogens is 318 g/mol. The molecule has 6 heteroatoms. The van der Waals surface area contributed by atoms with Crippen LogP contribution in [-0.4, -0.2) is 32.7 Å². The monoisotopic (exact) mass is 341 g/mol. The second-order valence-corrected chi connectivity index (χ2v) is 7.22. The first-order valence-electron chi connectivity index (χ1n) is 9.12. The van der Waals surface area contributed by atoms with Crippen molar-refractivity contribution in [3.05, 3.63) is 40.3 Å². The molecule has 4 rings (SSSR count). The molecule has 0 spiro atoms. The maximum absolute atomic E-state index is 12.8. The number of pyridine rings is 2. The molecule has 2 aliphatic rings. The van der Waals surface area contributed by atoms with Crippen molar-refractivity contribution >= 4 is 16.9 Å². The van der Waals surface area contributed by atoms with Gasteiger partial charge in [0.25, 0.3) is 5.91 Å². The quantitative estimate of drug-likeness (QED) is 0.896. The molecule has 0 saturated heterocycles. The number of carbonyl (C=O) groups is 1. The van der Waals surface area contributed by atoms with E-state index in [-0.39, 0.29) is 35.1 Å². The fraction of sp³-hybridized carbons (Fsp3) is 0.526. The fourth-order valence-electron chi connectivity index (χ4n) is 3.78. The summed E-state index contributed by atoms with van der Waals surface area (Å²) in [6.45, 7) is 0. The van der Waals surface area contributed by atoms with Gasteiger partial charge in [0.1, 0.15) is 11.2 Å². The van der Waals surface area contributed by atoms with Crippen LogP contribution in [-0.2, 0) is 0 Å². The Bertz CT molecular complexity index is 849. The number of hydrogen-bond acceptors (Lipinski definition) is 4. The highest BCUT2D eigenvalue weighted by molar-refractivity contribution is 5.97. The van der Waals surface area contributed by atoms with E-state index < -0.39 is 0 Å². The molecule has 0 atom stereocenters. The number of rotatable bonds is 3. The summed E-state index contributed by atoms with van der Waals surface area (Å²) in [5, 5.41) is 13.2. The number of nitrogens with zero attached hydrogens (tertiary/aromatic N) is 2. The van der Waals surface area contributed by atoms with Crippen molar-refractivity contribution in [1.29, 1.82) is 0 Å². The molecule has 0 aliphatic heterocycles. The van der Waals surface area contributed by atoms with E-state index in [1.54, 1.807) is 24.5 Å². The van der Waals surface area contributed by atoms with Crippen molar-refractivity contribution in [2.24, 2.45) is 0 Å². The van der Waals surface area contributed by atoms with Gasteiger partial charge in [0.2, 0.25) is 5.43 Å². The van der Waals surface area contributed by atoms with Crippen LogP contribution in [0.2, 0.25) is 0 Å². The normalized spacial score (nSPS) is 24.0. The molecule has 1 amide bonds. The molecular formula is C19H23N3O3. The lowest BCUT2D eigenvalue weighted by Crippen LogP contribution is -2.41. The maximum atomic E-state index is 12.8. The first-order valence-corrected chi connectivity index (χ1v) is 9.12. The van der Waals surface area contributed by atoms with Gasteiger partial charge in [0, 0.05) is 24.5 Å². The lowest BCUT2D eigenvalue weighted by Gasteiger charge is -2.29. The molecule has 2 fully saturated rings. The third-order valence-corrected chi connectivity index (χ3v) is 5.53. The molecule has 2 heterocycles. The zero-order valence-corrected chi connectivity index (χ0v) is 14.1. The van der Waals surface area contributed by atoms with Crippen molar-refractivity contribution < 1.29 is 9.90 Å². The van der Waals surface area contributed by atoms with Crippen LogP contribution in [0, 0.1) is 0 Å². The molecule has 6 nitrogen and oxygen atoms in total. The van der Waals surface area contributed by atoms with Gasteiger partial charge in [0.05, 0.1) is 11.5 Å². The van der Waals surface area contributed by atoms with Crippen molar-refractivity contribution in [3.63, 3.8) is 0 Å². The number of aromatic nitrogens is 2. The minimum absolute atomic E-state index is 0.150. The Hall–Kier alpha value is -2.21. The van der Waals surface area contributed by atoms with Gasteiger partial charge < -0.3 is 15.0 Å². The van der Waals surface area contributed by atoms with E-state index in [2.05, 4.69) is 10.3 Å². The number of amides is 1. The number of hydrogen-bond donors (Lipinski definition) is 2. The number of nitrogens with one attached hydrogen (secondary N) is 1. The third kappa shape index (κ3) is 3.06. The van der Waals surface area contributed by atoms with Gasteiger partial charge in [-0.1, -0.05) is 0 Å². The Labute approximate surface area is 145 Å². The maximum Gasteiger partial charge on any atom is 0.256 e. The summed E-state index contributed by atoms with van der Waals surface area (Å²) >= 11 is 0. The van der Waals surface area contributed by atoms with Gasteiger partial charge >= 0.3 is 0 Å². The molecule has 0 radical (unpaired) electrons. The van der Waals surface area contributed by atoms with E-state index >= 15 is 0 Å². The van der Waals surface area contributed by atoms with E-state index in [1.165, 1.54) is 0 Å². The van der Waals surface area contributed by atoms with E-state index in [4.69, 9.17) is 0 Å². The molecule has 0 aromatic carbocycles. The summed E-state index contributed by atoms with van der Waals surface area (Å²) in [6, 6.07) is 3.80. The minimum Gasteiger partial charge on any atom is -0.393 e. The third-order valence-electron chi connectivity index (χ3n) is 5.53. The number of aliphatic hydroxyl groups excluding tert-OH is 1. The second-order valence-electron chi connectivity index (χ2n) is 7.22. The second kappa shape index (κ2) is 6.59. The number of aliphatic hydroxyl groups is 1.